The number of carbonyl (C=O) groups excluding carboxylic acids is 1. The third-order valence-corrected chi connectivity index (χ3v) is 2.93. The van der Waals surface area contributed by atoms with Crippen molar-refractivity contribution >= 4 is 11.4 Å². The zero-order valence-corrected chi connectivity index (χ0v) is 11.0. The molecule has 0 aliphatic rings. The van der Waals surface area contributed by atoms with Crippen molar-refractivity contribution in [3.05, 3.63) is 66.0 Å². The fraction of sp³-hybridized carbons (Fsp3) is 0.118. The number of carbonyl (C=O) groups is 1. The van der Waals surface area contributed by atoms with Crippen LogP contribution in [0, 0.1) is 5.82 Å². The minimum absolute atomic E-state index is 0.0370. The Hall–Kier alpha value is -2.22. The van der Waals surface area contributed by atoms with Gasteiger partial charge in [-0.1, -0.05) is 42.5 Å². The monoisotopic (exact) mass is 254 g/mol. The van der Waals surface area contributed by atoms with Crippen molar-refractivity contribution in [1.82, 2.24) is 0 Å². The number of hydrogen-bond acceptors (Lipinski definition) is 1. The highest BCUT2D eigenvalue weighted by atomic mass is 19.1. The maximum absolute atomic E-state index is 14.1. The summed E-state index contributed by atoms with van der Waals surface area (Å²) in [6, 6.07) is 14.4. The van der Waals surface area contributed by atoms with Crippen LogP contribution < -0.4 is 0 Å². The number of benzene rings is 2. The van der Waals surface area contributed by atoms with E-state index in [1.807, 2.05) is 36.4 Å². The van der Waals surface area contributed by atoms with E-state index in [0.29, 0.717) is 5.56 Å². The predicted octanol–water partition coefficient (Wildman–Crippen LogP) is 4.49. The molecule has 0 aromatic heterocycles. The molecule has 0 heterocycles. The van der Waals surface area contributed by atoms with Crippen LogP contribution >= 0.6 is 0 Å². The maximum atomic E-state index is 14.1. The average molecular weight is 254 g/mol. The molecule has 0 unspecified atom stereocenters. The molecule has 2 heteroatoms. The molecule has 96 valence electrons. The van der Waals surface area contributed by atoms with Crippen LogP contribution in [0.4, 0.5) is 4.39 Å². The molecule has 0 atom stereocenters. The molecule has 0 aliphatic heterocycles. The van der Waals surface area contributed by atoms with Crippen molar-refractivity contribution in [2.75, 3.05) is 0 Å². The van der Waals surface area contributed by atoms with Crippen molar-refractivity contribution in [1.29, 1.82) is 0 Å². The minimum Gasteiger partial charge on any atom is -0.295 e. The standard InChI is InChI=1S/C17H15FO/c1-12(10-13(2)19)15-8-9-16(17(18)11-15)14-6-4-3-5-7-14/h3-11H,1-2H3/b12-10+. The second kappa shape index (κ2) is 5.61. The van der Waals surface area contributed by atoms with Gasteiger partial charge in [-0.05, 0) is 42.7 Å². The van der Waals surface area contributed by atoms with Gasteiger partial charge >= 0.3 is 0 Å². The van der Waals surface area contributed by atoms with Crippen molar-refractivity contribution in [2.24, 2.45) is 0 Å². The Bertz CT molecular complexity index is 627. The molecule has 0 bridgehead atoms. The summed E-state index contributed by atoms with van der Waals surface area (Å²) < 4.78 is 14.1. The summed E-state index contributed by atoms with van der Waals surface area (Å²) >= 11 is 0. The third-order valence-electron chi connectivity index (χ3n) is 2.93. The smallest absolute Gasteiger partial charge is 0.152 e. The van der Waals surface area contributed by atoms with E-state index in [1.54, 1.807) is 13.0 Å². The van der Waals surface area contributed by atoms with Gasteiger partial charge in [0.05, 0.1) is 0 Å². The molecule has 2 aromatic rings. The first-order valence-corrected chi connectivity index (χ1v) is 6.12. The van der Waals surface area contributed by atoms with Gasteiger partial charge < -0.3 is 0 Å². The molecule has 0 radical (unpaired) electrons. The Balaban J connectivity index is 2.41. The third kappa shape index (κ3) is 3.16. The first kappa shape index (κ1) is 13.2. The lowest BCUT2D eigenvalue weighted by Crippen LogP contribution is -1.90. The van der Waals surface area contributed by atoms with Crippen LogP contribution in [0.5, 0.6) is 0 Å². The molecule has 0 saturated heterocycles. The second-order valence-corrected chi connectivity index (χ2v) is 4.50. The van der Waals surface area contributed by atoms with Crippen molar-refractivity contribution in [2.45, 2.75) is 13.8 Å². The maximum Gasteiger partial charge on any atom is 0.152 e. The number of allylic oxidation sites excluding steroid dienone is 2. The summed E-state index contributed by atoms with van der Waals surface area (Å²) in [5.74, 6) is -0.315. The van der Waals surface area contributed by atoms with Gasteiger partial charge in [0.2, 0.25) is 0 Å². The van der Waals surface area contributed by atoms with Crippen molar-refractivity contribution in [3.63, 3.8) is 0 Å². The summed E-state index contributed by atoms with van der Waals surface area (Å²) in [7, 11) is 0. The number of hydrogen-bond donors (Lipinski definition) is 0. The fourth-order valence-electron chi connectivity index (χ4n) is 2.00. The SMILES string of the molecule is CC(=O)/C=C(\C)c1ccc(-c2ccccc2)c(F)c1. The molecular weight excluding hydrogens is 239 g/mol. The quantitative estimate of drug-likeness (QED) is 0.738. The largest absolute Gasteiger partial charge is 0.295 e. The lowest BCUT2D eigenvalue weighted by atomic mass is 10.00. The highest BCUT2D eigenvalue weighted by molar-refractivity contribution is 5.94. The molecule has 0 aliphatic carbocycles. The van der Waals surface area contributed by atoms with Crippen LogP contribution in [0.1, 0.15) is 19.4 Å². The molecule has 2 rings (SSSR count). The highest BCUT2D eigenvalue weighted by Crippen LogP contribution is 2.25. The zero-order chi connectivity index (χ0) is 13.8. The summed E-state index contributed by atoms with van der Waals surface area (Å²) in [5, 5.41) is 0. The second-order valence-electron chi connectivity index (χ2n) is 4.50. The first-order valence-electron chi connectivity index (χ1n) is 6.12. The van der Waals surface area contributed by atoms with Gasteiger partial charge in [-0.15, -0.1) is 0 Å². The van der Waals surface area contributed by atoms with Gasteiger partial charge in [0.1, 0.15) is 5.82 Å². The van der Waals surface area contributed by atoms with Gasteiger partial charge in [0, 0.05) is 5.56 Å². The van der Waals surface area contributed by atoms with Gasteiger partial charge in [0.15, 0.2) is 5.78 Å². The average Bonchev–Trinajstić information content (AvgIpc) is 2.38. The normalized spacial score (nSPS) is 11.4. The fourth-order valence-corrected chi connectivity index (χ4v) is 2.00. The number of rotatable bonds is 3. The molecule has 19 heavy (non-hydrogen) atoms. The van der Waals surface area contributed by atoms with Gasteiger partial charge in [-0.25, -0.2) is 4.39 Å². The van der Waals surface area contributed by atoms with E-state index in [0.717, 1.165) is 16.7 Å². The Labute approximate surface area is 112 Å². The van der Waals surface area contributed by atoms with E-state index in [1.165, 1.54) is 19.1 Å². The van der Waals surface area contributed by atoms with Crippen LogP contribution in [-0.2, 0) is 4.79 Å². The molecule has 0 fully saturated rings. The highest BCUT2D eigenvalue weighted by Gasteiger charge is 2.06. The summed E-state index contributed by atoms with van der Waals surface area (Å²) in [6.45, 7) is 3.29. The summed E-state index contributed by atoms with van der Waals surface area (Å²) in [5.41, 5.74) is 2.91. The van der Waals surface area contributed by atoms with Crippen molar-refractivity contribution < 1.29 is 9.18 Å². The molecule has 0 N–H and O–H groups in total. The van der Waals surface area contributed by atoms with Crippen LogP contribution in [0.3, 0.4) is 0 Å². The van der Waals surface area contributed by atoms with Crippen LogP contribution in [0.25, 0.3) is 16.7 Å². The molecule has 1 nitrogen and oxygen atoms in total. The van der Waals surface area contributed by atoms with E-state index in [2.05, 4.69) is 0 Å². The van der Waals surface area contributed by atoms with E-state index < -0.39 is 0 Å². The predicted molar refractivity (Wildman–Crippen MR) is 76.2 cm³/mol. The summed E-state index contributed by atoms with van der Waals surface area (Å²) in [4.78, 5) is 11.0. The van der Waals surface area contributed by atoms with Gasteiger partial charge in [0.25, 0.3) is 0 Å². The Morgan fingerprint density at radius 3 is 2.32 bits per heavy atom. The number of halogens is 1. The molecule has 0 spiro atoms. The molecular formula is C17H15FO. The van der Waals surface area contributed by atoms with Gasteiger partial charge in [-0.3, -0.25) is 4.79 Å². The Kier molecular flexibility index (Phi) is 3.91. The van der Waals surface area contributed by atoms with E-state index in [-0.39, 0.29) is 11.6 Å². The minimum atomic E-state index is -0.278. The van der Waals surface area contributed by atoms with Crippen LogP contribution in [0.2, 0.25) is 0 Å². The lowest BCUT2D eigenvalue weighted by Gasteiger charge is -2.06. The van der Waals surface area contributed by atoms with Crippen LogP contribution in [0.15, 0.2) is 54.6 Å². The number of ketones is 1. The van der Waals surface area contributed by atoms with Gasteiger partial charge in [-0.2, -0.15) is 0 Å². The first-order chi connectivity index (χ1) is 9.08. The van der Waals surface area contributed by atoms with Crippen LogP contribution in [-0.4, -0.2) is 5.78 Å². The topological polar surface area (TPSA) is 17.1 Å². The van der Waals surface area contributed by atoms with E-state index >= 15 is 0 Å². The van der Waals surface area contributed by atoms with E-state index in [9.17, 15) is 9.18 Å². The Morgan fingerprint density at radius 2 is 1.74 bits per heavy atom. The Morgan fingerprint density at radius 1 is 1.05 bits per heavy atom. The molecule has 0 amide bonds. The lowest BCUT2D eigenvalue weighted by molar-refractivity contribution is -0.112. The molecule has 0 saturated carbocycles. The molecule has 2 aromatic carbocycles. The van der Waals surface area contributed by atoms with Crippen molar-refractivity contribution in [3.8, 4) is 11.1 Å². The summed E-state index contributed by atoms with van der Waals surface area (Å²) in [6.07, 6.45) is 1.51. The van der Waals surface area contributed by atoms with E-state index in [4.69, 9.17) is 0 Å². The zero-order valence-electron chi connectivity index (χ0n) is 11.0.